The topological polar surface area (TPSA) is 47.6 Å². The normalized spacial score (nSPS) is 20.2. The van der Waals surface area contributed by atoms with E-state index in [1.54, 1.807) is 12.1 Å². The van der Waals surface area contributed by atoms with Crippen LogP contribution < -0.4 is 0 Å². The number of alkyl halides is 2. The first-order chi connectivity index (χ1) is 6.09. The minimum Gasteiger partial charge on any atom is -0.207 e. The van der Waals surface area contributed by atoms with E-state index in [1.807, 2.05) is 0 Å². The molecule has 0 radical (unpaired) electrons. The average Bonchev–Trinajstić information content (AvgIpc) is 2.09. The second kappa shape index (κ2) is 3.53. The van der Waals surface area contributed by atoms with Gasteiger partial charge in [-0.25, -0.2) is 8.78 Å². The van der Waals surface area contributed by atoms with Gasteiger partial charge < -0.3 is 0 Å². The first kappa shape index (κ1) is 9.67. The van der Waals surface area contributed by atoms with Crippen LogP contribution in [0.1, 0.15) is 25.7 Å². The molecular weight excluding hydrogens is 174 g/mol. The Kier molecular flexibility index (Phi) is 2.63. The Morgan fingerprint density at radius 3 is 2.00 bits per heavy atom. The highest BCUT2D eigenvalue weighted by Gasteiger charge is 2.33. The number of hydrogen-bond acceptors (Lipinski definition) is 2. The second-order valence-corrected chi connectivity index (χ2v) is 3.06. The van der Waals surface area contributed by atoms with Crippen molar-refractivity contribution in [2.75, 3.05) is 0 Å². The molecule has 1 saturated carbocycles. The van der Waals surface area contributed by atoms with Crippen molar-refractivity contribution in [1.82, 2.24) is 0 Å². The molecule has 1 fully saturated rings. The van der Waals surface area contributed by atoms with Gasteiger partial charge in [0.15, 0.2) is 0 Å². The Balaban J connectivity index is 2.77. The second-order valence-electron chi connectivity index (χ2n) is 3.06. The third-order valence-corrected chi connectivity index (χ3v) is 2.16. The van der Waals surface area contributed by atoms with Gasteiger partial charge in [-0.3, -0.25) is 0 Å². The van der Waals surface area contributed by atoms with E-state index in [-0.39, 0.29) is 31.3 Å². The molecule has 4 heteroatoms. The molecule has 0 heterocycles. The summed E-state index contributed by atoms with van der Waals surface area (Å²) in [6, 6.07) is 3.44. The van der Waals surface area contributed by atoms with Crippen LogP contribution in [0.15, 0.2) is 11.1 Å². The predicted molar refractivity (Wildman–Crippen MR) is 41.7 cm³/mol. The number of nitriles is 2. The zero-order chi connectivity index (χ0) is 9.90. The third-order valence-electron chi connectivity index (χ3n) is 2.16. The summed E-state index contributed by atoms with van der Waals surface area (Å²) in [6.45, 7) is 0. The Hall–Kier alpha value is -1.42. The van der Waals surface area contributed by atoms with Crippen LogP contribution >= 0.6 is 0 Å². The van der Waals surface area contributed by atoms with Crippen LogP contribution in [0.3, 0.4) is 0 Å². The fraction of sp³-hybridized carbons (Fsp3) is 0.556. The van der Waals surface area contributed by atoms with E-state index in [0.29, 0.717) is 5.57 Å². The molecular formula is C9H8F2N2. The monoisotopic (exact) mass is 182 g/mol. The average molecular weight is 182 g/mol. The molecule has 0 saturated heterocycles. The number of rotatable bonds is 0. The van der Waals surface area contributed by atoms with Gasteiger partial charge in [0.25, 0.3) is 0 Å². The summed E-state index contributed by atoms with van der Waals surface area (Å²) < 4.78 is 25.3. The maximum atomic E-state index is 12.7. The summed E-state index contributed by atoms with van der Waals surface area (Å²) in [4.78, 5) is 0. The number of hydrogen-bond donors (Lipinski definition) is 0. The first-order valence-corrected chi connectivity index (χ1v) is 3.99. The Morgan fingerprint density at radius 1 is 1.15 bits per heavy atom. The Labute approximate surface area is 75.1 Å². The smallest absolute Gasteiger partial charge is 0.207 e. The van der Waals surface area contributed by atoms with Gasteiger partial charge in [-0.2, -0.15) is 10.5 Å². The summed E-state index contributed by atoms with van der Waals surface area (Å²) in [7, 11) is 0. The highest BCUT2D eigenvalue weighted by molar-refractivity contribution is 5.40. The van der Waals surface area contributed by atoms with Crippen molar-refractivity contribution in [3.8, 4) is 12.1 Å². The summed E-state index contributed by atoms with van der Waals surface area (Å²) in [5, 5.41) is 17.0. The van der Waals surface area contributed by atoms with E-state index in [0.717, 1.165) is 0 Å². The third kappa shape index (κ3) is 2.26. The molecule has 0 aliphatic heterocycles. The quantitative estimate of drug-likeness (QED) is 0.540. The standard InChI is InChI=1S/C9H8F2N2/c10-9(11)3-1-7(2-4-9)8(5-12)6-13/h1-4H2. The molecule has 0 aromatic rings. The van der Waals surface area contributed by atoms with Crippen molar-refractivity contribution < 1.29 is 8.78 Å². The lowest BCUT2D eigenvalue weighted by molar-refractivity contribution is -0.0246. The summed E-state index contributed by atoms with van der Waals surface area (Å²) >= 11 is 0. The zero-order valence-electron chi connectivity index (χ0n) is 6.98. The maximum absolute atomic E-state index is 12.7. The Bertz CT molecular complexity index is 289. The predicted octanol–water partition coefficient (Wildman–Crippen LogP) is 2.54. The number of nitrogens with zero attached hydrogens (tertiary/aromatic N) is 2. The van der Waals surface area contributed by atoms with Gasteiger partial charge in [0.2, 0.25) is 5.92 Å². The molecule has 0 aromatic heterocycles. The molecule has 0 atom stereocenters. The molecule has 0 spiro atoms. The molecule has 68 valence electrons. The lowest BCUT2D eigenvalue weighted by atomic mass is 9.89. The molecule has 0 unspecified atom stereocenters. The van der Waals surface area contributed by atoms with Gasteiger partial charge in [-0.15, -0.1) is 0 Å². The minimum atomic E-state index is -2.61. The zero-order valence-corrected chi connectivity index (χ0v) is 6.98. The largest absolute Gasteiger partial charge is 0.248 e. The van der Waals surface area contributed by atoms with Gasteiger partial charge in [0, 0.05) is 12.8 Å². The lowest BCUT2D eigenvalue weighted by Crippen LogP contribution is -2.21. The van der Waals surface area contributed by atoms with Crippen LogP contribution in [0, 0.1) is 22.7 Å². The molecule has 0 amide bonds. The van der Waals surface area contributed by atoms with Crippen LogP contribution in [-0.2, 0) is 0 Å². The molecule has 0 N–H and O–H groups in total. The summed E-state index contributed by atoms with van der Waals surface area (Å²) in [5.74, 6) is -2.61. The van der Waals surface area contributed by atoms with Crippen LogP contribution in [0.25, 0.3) is 0 Å². The van der Waals surface area contributed by atoms with E-state index in [4.69, 9.17) is 10.5 Å². The van der Waals surface area contributed by atoms with Gasteiger partial charge in [-0.05, 0) is 18.4 Å². The van der Waals surface area contributed by atoms with Gasteiger partial charge >= 0.3 is 0 Å². The maximum Gasteiger partial charge on any atom is 0.248 e. The van der Waals surface area contributed by atoms with Crippen molar-refractivity contribution in [3.63, 3.8) is 0 Å². The van der Waals surface area contributed by atoms with Crippen molar-refractivity contribution in [2.45, 2.75) is 31.6 Å². The highest BCUT2D eigenvalue weighted by Crippen LogP contribution is 2.36. The summed E-state index contributed by atoms with van der Waals surface area (Å²) in [6.07, 6.45) is -0.142. The van der Waals surface area contributed by atoms with Gasteiger partial charge in [0.05, 0.1) is 0 Å². The summed E-state index contributed by atoms with van der Waals surface area (Å²) in [5.41, 5.74) is 0.589. The fourth-order valence-corrected chi connectivity index (χ4v) is 1.35. The molecule has 0 aromatic carbocycles. The first-order valence-electron chi connectivity index (χ1n) is 3.99. The van der Waals surface area contributed by atoms with Crippen molar-refractivity contribution in [3.05, 3.63) is 11.1 Å². The fourth-order valence-electron chi connectivity index (χ4n) is 1.35. The van der Waals surface area contributed by atoms with E-state index in [2.05, 4.69) is 0 Å². The van der Waals surface area contributed by atoms with E-state index >= 15 is 0 Å². The van der Waals surface area contributed by atoms with Crippen molar-refractivity contribution >= 4 is 0 Å². The van der Waals surface area contributed by atoms with Gasteiger partial charge in [-0.1, -0.05) is 0 Å². The molecule has 1 rings (SSSR count). The van der Waals surface area contributed by atoms with E-state index in [9.17, 15) is 8.78 Å². The minimum absolute atomic E-state index is 0.00972. The lowest BCUT2D eigenvalue weighted by Gasteiger charge is -2.23. The Morgan fingerprint density at radius 2 is 1.62 bits per heavy atom. The molecule has 1 aliphatic carbocycles. The molecule has 0 bridgehead atoms. The van der Waals surface area contributed by atoms with Crippen molar-refractivity contribution in [1.29, 1.82) is 10.5 Å². The highest BCUT2D eigenvalue weighted by atomic mass is 19.3. The SMILES string of the molecule is N#CC(C#N)=C1CCC(F)(F)CC1. The van der Waals surface area contributed by atoms with E-state index < -0.39 is 5.92 Å². The van der Waals surface area contributed by atoms with Crippen LogP contribution in [-0.4, -0.2) is 5.92 Å². The molecule has 13 heavy (non-hydrogen) atoms. The van der Waals surface area contributed by atoms with Crippen LogP contribution in [0.4, 0.5) is 8.78 Å². The number of allylic oxidation sites excluding steroid dienone is 2. The molecule has 2 nitrogen and oxygen atoms in total. The van der Waals surface area contributed by atoms with Crippen LogP contribution in [0.5, 0.6) is 0 Å². The van der Waals surface area contributed by atoms with Gasteiger partial charge in [0.1, 0.15) is 17.7 Å². The molecule has 1 aliphatic rings. The van der Waals surface area contributed by atoms with E-state index in [1.165, 1.54) is 0 Å². The van der Waals surface area contributed by atoms with Crippen LogP contribution in [0.2, 0.25) is 0 Å². The number of halogens is 2. The van der Waals surface area contributed by atoms with Crippen molar-refractivity contribution in [2.24, 2.45) is 0 Å².